The number of halogens is 4. The second-order valence-electron chi connectivity index (χ2n) is 6.51. The molecular weight excluding hydrogens is 492 g/mol. The molecule has 32 heavy (non-hydrogen) atoms. The van der Waals surface area contributed by atoms with Gasteiger partial charge >= 0.3 is 22.4 Å². The number of hydrogen-bond donors (Lipinski definition) is 0. The molecule has 0 saturated heterocycles. The van der Waals surface area contributed by atoms with Crippen molar-refractivity contribution in [2.24, 2.45) is 0 Å². The van der Waals surface area contributed by atoms with E-state index < -0.39 is 51.2 Å². The average molecular weight is 516 g/mol. The molecular formula is C16H24F4O10S2-2. The Kier molecular flexibility index (Phi) is 15.0. The van der Waals surface area contributed by atoms with Crippen LogP contribution in [0, 0.1) is 0 Å². The number of hydrogen-bond acceptors (Lipinski definition) is 11. The first-order valence-electron chi connectivity index (χ1n) is 9.56. The zero-order valence-electron chi connectivity index (χ0n) is 16.9. The summed E-state index contributed by atoms with van der Waals surface area (Å²) in [6.45, 7) is -0.622. The fraction of sp³-hybridized carbons (Fsp3) is 0.875. The van der Waals surface area contributed by atoms with E-state index in [1.54, 1.807) is 0 Å². The Morgan fingerprint density at radius 1 is 0.750 bits per heavy atom. The summed E-state index contributed by atoms with van der Waals surface area (Å²) in [7, 11) is -6.11. The minimum absolute atomic E-state index is 0.204. The molecule has 0 aromatic heterocycles. The minimum atomic E-state index is -6.11. The Bertz CT molecular complexity index is 661. The van der Waals surface area contributed by atoms with Crippen LogP contribution in [0.15, 0.2) is 0 Å². The number of unbranched alkanes of at least 4 members (excludes halogenated alkanes) is 9. The van der Waals surface area contributed by atoms with E-state index in [-0.39, 0.29) is 13.0 Å². The van der Waals surface area contributed by atoms with Gasteiger partial charge in [0.15, 0.2) is 10.1 Å². The lowest BCUT2D eigenvalue weighted by atomic mass is 10.1. The third-order valence-corrected chi connectivity index (χ3v) is 5.25. The number of rotatable bonds is 19. The van der Waals surface area contributed by atoms with E-state index in [4.69, 9.17) is 0 Å². The maximum Gasteiger partial charge on any atom is 0.428 e. The molecule has 0 atom stereocenters. The first-order chi connectivity index (χ1) is 14.9. The lowest BCUT2D eigenvalue weighted by Crippen LogP contribution is -2.39. The summed E-state index contributed by atoms with van der Waals surface area (Å²) in [5.74, 6) is -4.21. The maximum absolute atomic E-state index is 13.0. The Morgan fingerprint density at radius 2 is 1.12 bits per heavy atom. The fourth-order valence-corrected chi connectivity index (χ4v) is 2.81. The molecule has 0 aliphatic rings. The molecule has 0 aromatic carbocycles. The van der Waals surface area contributed by atoms with Gasteiger partial charge in [-0.05, 0) is 12.8 Å². The van der Waals surface area contributed by atoms with E-state index in [1.165, 1.54) is 0 Å². The van der Waals surface area contributed by atoms with Gasteiger partial charge in [-0.25, -0.2) is 18.0 Å². The standard InChI is InChI=1S/C16H26F4O10S2/c17-15(18,31-30-29-23)13(21)27-11-9-7-5-3-1-2-4-6-8-10-12-28-14(22)16(19,20)32(24,25)26/h23H,1-12H2,(H,24,25,26)/p-2. The van der Waals surface area contributed by atoms with Gasteiger partial charge in [0.05, 0.1) is 13.2 Å². The second kappa shape index (κ2) is 15.6. The van der Waals surface area contributed by atoms with Crippen LogP contribution >= 0.6 is 12.0 Å². The molecule has 0 rings (SSSR count). The second-order valence-corrected chi connectivity index (χ2v) is 8.75. The molecule has 0 aromatic rings. The van der Waals surface area contributed by atoms with E-state index in [1.807, 2.05) is 0 Å². The van der Waals surface area contributed by atoms with Gasteiger partial charge in [0.25, 0.3) is 0 Å². The van der Waals surface area contributed by atoms with Crippen molar-refractivity contribution < 1.29 is 64.2 Å². The largest absolute Gasteiger partial charge is 0.743 e. The Hall–Kier alpha value is -1.20. The normalized spacial score (nSPS) is 12.6. The molecule has 0 unspecified atom stereocenters. The topological polar surface area (TPSA) is 151 Å². The molecule has 0 amide bonds. The van der Waals surface area contributed by atoms with Gasteiger partial charge in [-0.3, -0.25) is 5.04 Å². The summed E-state index contributed by atoms with van der Waals surface area (Å²) in [5, 5.41) is 3.06. The number of ether oxygens (including phenoxy) is 2. The van der Waals surface area contributed by atoms with Gasteiger partial charge in [0.1, 0.15) is 12.0 Å². The Balaban J connectivity index is 3.56. The van der Waals surface area contributed by atoms with Crippen LogP contribution in [0.4, 0.5) is 17.6 Å². The summed E-state index contributed by atoms with van der Waals surface area (Å²) in [6, 6.07) is 0. The third kappa shape index (κ3) is 12.7. The lowest BCUT2D eigenvalue weighted by Gasteiger charge is -2.17. The molecule has 0 N–H and O–H groups in total. The third-order valence-electron chi connectivity index (χ3n) is 3.96. The van der Waals surface area contributed by atoms with Crippen molar-refractivity contribution in [1.82, 2.24) is 0 Å². The molecule has 0 heterocycles. The van der Waals surface area contributed by atoms with Crippen LogP contribution in [0.3, 0.4) is 0 Å². The molecule has 0 spiro atoms. The Morgan fingerprint density at radius 3 is 1.50 bits per heavy atom. The van der Waals surface area contributed by atoms with Crippen molar-refractivity contribution in [3.8, 4) is 0 Å². The molecule has 16 heteroatoms. The SMILES string of the molecule is O=C(OCCCCCCCCCCCCOC(=O)C(F)(F)S(=O)(=O)[O-])C(F)(F)SOO[O-]. The molecule has 0 radical (unpaired) electrons. The highest BCUT2D eigenvalue weighted by molar-refractivity contribution is 7.96. The highest BCUT2D eigenvalue weighted by Gasteiger charge is 2.48. The minimum Gasteiger partial charge on any atom is -0.743 e. The van der Waals surface area contributed by atoms with Crippen LogP contribution in [-0.4, -0.2) is 48.6 Å². The zero-order chi connectivity index (χ0) is 24.7. The quantitative estimate of drug-likeness (QED) is 0.0474. The van der Waals surface area contributed by atoms with Crippen LogP contribution in [0.25, 0.3) is 0 Å². The maximum atomic E-state index is 13.0. The molecule has 0 fully saturated rings. The van der Waals surface area contributed by atoms with Gasteiger partial charge in [0, 0.05) is 0 Å². The average Bonchev–Trinajstić information content (AvgIpc) is 2.71. The van der Waals surface area contributed by atoms with Crippen LogP contribution in [0.1, 0.15) is 64.2 Å². The van der Waals surface area contributed by atoms with Crippen molar-refractivity contribution >= 4 is 34.1 Å². The summed E-state index contributed by atoms with van der Waals surface area (Å²) in [5.41, 5.74) is 0. The summed E-state index contributed by atoms with van der Waals surface area (Å²) in [6.07, 6.45) is 6.84. The fourth-order valence-electron chi connectivity index (χ4n) is 2.31. The van der Waals surface area contributed by atoms with Crippen LogP contribution < -0.4 is 5.26 Å². The molecule has 0 bridgehead atoms. The number of carbonyl (C=O) groups is 2. The van der Waals surface area contributed by atoms with E-state index in [0.717, 1.165) is 38.5 Å². The first-order valence-corrected chi connectivity index (χ1v) is 11.7. The van der Waals surface area contributed by atoms with Crippen LogP contribution in [0.5, 0.6) is 0 Å². The van der Waals surface area contributed by atoms with Gasteiger partial charge < -0.3 is 19.3 Å². The summed E-state index contributed by atoms with van der Waals surface area (Å²) in [4.78, 5) is 22.0. The van der Waals surface area contributed by atoms with Crippen molar-refractivity contribution in [3.63, 3.8) is 0 Å². The van der Waals surface area contributed by atoms with Crippen LogP contribution in [-0.2, 0) is 38.6 Å². The summed E-state index contributed by atoms with van der Waals surface area (Å²) < 4.78 is 94.4. The monoisotopic (exact) mass is 516 g/mol. The van der Waals surface area contributed by atoms with E-state index in [0.29, 0.717) is 19.3 Å². The smallest absolute Gasteiger partial charge is 0.428 e. The predicted octanol–water partition coefficient (Wildman–Crippen LogP) is 2.58. The molecule has 190 valence electrons. The predicted molar refractivity (Wildman–Crippen MR) is 97.4 cm³/mol. The van der Waals surface area contributed by atoms with Gasteiger partial charge in [-0.15, -0.1) is 0 Å². The van der Waals surface area contributed by atoms with Crippen molar-refractivity contribution in [2.75, 3.05) is 13.2 Å². The van der Waals surface area contributed by atoms with E-state index in [9.17, 15) is 45.4 Å². The Labute approximate surface area is 186 Å². The summed E-state index contributed by atoms with van der Waals surface area (Å²) >= 11 is -0.753. The number of esters is 2. The molecule has 0 saturated carbocycles. The molecule has 0 aliphatic carbocycles. The number of alkyl halides is 4. The van der Waals surface area contributed by atoms with Gasteiger partial charge in [0.2, 0.25) is 0 Å². The highest BCUT2D eigenvalue weighted by Crippen LogP contribution is 2.31. The van der Waals surface area contributed by atoms with Crippen molar-refractivity contribution in [3.05, 3.63) is 0 Å². The lowest BCUT2D eigenvalue weighted by molar-refractivity contribution is -0.777. The highest BCUT2D eigenvalue weighted by atomic mass is 32.2. The van der Waals surface area contributed by atoms with E-state index in [2.05, 4.69) is 18.8 Å². The number of carbonyl (C=O) groups excluding carboxylic acids is 2. The zero-order valence-corrected chi connectivity index (χ0v) is 18.5. The van der Waals surface area contributed by atoms with Gasteiger partial charge in [-0.1, -0.05) is 51.4 Å². The van der Waals surface area contributed by atoms with E-state index >= 15 is 0 Å². The molecule has 10 nitrogen and oxygen atoms in total. The first kappa shape index (κ1) is 30.8. The van der Waals surface area contributed by atoms with Crippen molar-refractivity contribution in [2.45, 2.75) is 74.7 Å². The van der Waals surface area contributed by atoms with Crippen molar-refractivity contribution in [1.29, 1.82) is 0 Å². The van der Waals surface area contributed by atoms with Gasteiger partial charge in [-0.2, -0.15) is 21.9 Å². The van der Waals surface area contributed by atoms with Crippen LogP contribution in [0.2, 0.25) is 0 Å². The molecule has 0 aliphatic heterocycles.